The minimum atomic E-state index is 0.891. The van der Waals surface area contributed by atoms with Crippen LogP contribution in [0.5, 0.6) is 0 Å². The van der Waals surface area contributed by atoms with E-state index in [2.05, 4.69) is 146 Å². The molecule has 0 fully saturated rings. The van der Waals surface area contributed by atoms with Crippen molar-refractivity contribution in [3.05, 3.63) is 169 Å². The van der Waals surface area contributed by atoms with Gasteiger partial charge in [0.25, 0.3) is 0 Å². The average Bonchev–Trinajstić information content (AvgIpc) is 3.72. The van der Waals surface area contributed by atoms with E-state index in [1.54, 1.807) is 0 Å². The zero-order valence-electron chi connectivity index (χ0n) is 27.2. The molecule has 2 aromatic heterocycles. The summed E-state index contributed by atoms with van der Waals surface area (Å²) in [5.74, 6) is 0. The van der Waals surface area contributed by atoms with Crippen LogP contribution in [0.3, 0.4) is 0 Å². The summed E-state index contributed by atoms with van der Waals surface area (Å²) in [6.07, 6.45) is 6.61. The predicted octanol–water partition coefficient (Wildman–Crippen LogP) is 13.9. The molecule has 0 radical (unpaired) electrons. The maximum atomic E-state index is 6.48. The summed E-state index contributed by atoms with van der Waals surface area (Å²) in [6.45, 7) is 0. The van der Waals surface area contributed by atoms with Gasteiger partial charge in [-0.3, -0.25) is 0 Å². The van der Waals surface area contributed by atoms with Crippen LogP contribution < -0.4 is 0 Å². The van der Waals surface area contributed by atoms with E-state index in [-0.39, 0.29) is 0 Å². The number of allylic oxidation sites excluding steroid dienone is 4. The Hall–Kier alpha value is -6.38. The van der Waals surface area contributed by atoms with E-state index in [1.807, 2.05) is 12.1 Å². The SMILES string of the molecule is C1=C(c2ccc3c(c2)oc2cc4c(cc23)oc2ccccc24)CCC(c2c3ccccc3c(-c3ccc4ccccc4c3)c3ccccc23)=C1. The lowest BCUT2D eigenvalue weighted by Crippen LogP contribution is -1.97. The van der Waals surface area contributed by atoms with Gasteiger partial charge < -0.3 is 8.83 Å². The van der Waals surface area contributed by atoms with Crippen molar-refractivity contribution in [3.8, 4) is 11.1 Å². The summed E-state index contributed by atoms with van der Waals surface area (Å²) in [6, 6.07) is 52.5. The molecular weight excluding hydrogens is 609 g/mol. The molecular formula is C48H30O2. The number of para-hydroxylation sites is 1. The van der Waals surface area contributed by atoms with Crippen molar-refractivity contribution in [2.45, 2.75) is 12.8 Å². The van der Waals surface area contributed by atoms with E-state index < -0.39 is 0 Å². The lowest BCUT2D eigenvalue weighted by Gasteiger charge is -2.21. The van der Waals surface area contributed by atoms with Gasteiger partial charge in [0.1, 0.15) is 22.3 Å². The standard InChI is InChI=1S/C48H30O2/c1-2-10-32-25-34(22-19-29(32)9-1)48-39-14-5-3-12-37(39)47(38-13-4-6-15-40(38)48)31-20-17-30(18-21-31)33-23-24-36-42-28-45-41(27-46(42)50-44(36)26-33)35-11-7-8-16-43(35)49-45/h1-17,19-20,22-28H,18,21H2. The Balaban J connectivity index is 1.03. The third-order valence-electron chi connectivity index (χ3n) is 10.8. The molecule has 0 bridgehead atoms. The summed E-state index contributed by atoms with van der Waals surface area (Å²) >= 11 is 0. The molecule has 234 valence electrons. The third kappa shape index (κ3) is 4.09. The van der Waals surface area contributed by atoms with Gasteiger partial charge in [0, 0.05) is 21.5 Å². The second-order valence-corrected chi connectivity index (χ2v) is 13.5. The van der Waals surface area contributed by atoms with Gasteiger partial charge >= 0.3 is 0 Å². The summed E-state index contributed by atoms with van der Waals surface area (Å²) in [5, 5.41) is 12.1. The van der Waals surface area contributed by atoms with Crippen molar-refractivity contribution in [2.75, 3.05) is 0 Å². The second kappa shape index (κ2) is 10.6. The smallest absolute Gasteiger partial charge is 0.136 e. The average molecular weight is 639 g/mol. The van der Waals surface area contributed by atoms with Gasteiger partial charge in [0.2, 0.25) is 0 Å². The van der Waals surface area contributed by atoms with Crippen LogP contribution in [0, 0.1) is 0 Å². The molecule has 0 spiro atoms. The fourth-order valence-corrected chi connectivity index (χ4v) is 8.41. The highest BCUT2D eigenvalue weighted by atomic mass is 16.3. The Bertz CT molecular complexity index is 3030. The van der Waals surface area contributed by atoms with Crippen LogP contribution in [0.25, 0.3) is 98.5 Å². The van der Waals surface area contributed by atoms with Crippen molar-refractivity contribution in [2.24, 2.45) is 0 Å². The minimum Gasteiger partial charge on any atom is -0.456 e. The lowest BCUT2D eigenvalue weighted by molar-refractivity contribution is 0.664. The Morgan fingerprint density at radius 1 is 0.320 bits per heavy atom. The van der Waals surface area contributed by atoms with Crippen molar-refractivity contribution >= 4 is 87.3 Å². The number of fused-ring (bicyclic) bond motifs is 9. The molecule has 2 heterocycles. The Morgan fingerprint density at radius 3 is 1.54 bits per heavy atom. The zero-order chi connectivity index (χ0) is 32.8. The summed E-state index contributed by atoms with van der Waals surface area (Å²) in [5.41, 5.74) is 11.4. The van der Waals surface area contributed by atoms with Gasteiger partial charge in [0.05, 0.1) is 0 Å². The van der Waals surface area contributed by atoms with Gasteiger partial charge in [-0.25, -0.2) is 0 Å². The summed E-state index contributed by atoms with van der Waals surface area (Å²) < 4.78 is 12.7. The largest absolute Gasteiger partial charge is 0.456 e. The van der Waals surface area contributed by atoms with Gasteiger partial charge in [-0.05, 0) is 115 Å². The number of hydrogen-bond donors (Lipinski definition) is 0. The molecule has 0 atom stereocenters. The maximum Gasteiger partial charge on any atom is 0.136 e. The van der Waals surface area contributed by atoms with Crippen LogP contribution in [-0.4, -0.2) is 0 Å². The highest BCUT2D eigenvalue weighted by Gasteiger charge is 2.20. The summed E-state index contributed by atoms with van der Waals surface area (Å²) in [4.78, 5) is 0. The number of rotatable bonds is 3. The molecule has 1 aliphatic rings. The van der Waals surface area contributed by atoms with Crippen molar-refractivity contribution < 1.29 is 8.83 Å². The van der Waals surface area contributed by atoms with Crippen LogP contribution in [0.2, 0.25) is 0 Å². The molecule has 0 N–H and O–H groups in total. The van der Waals surface area contributed by atoms with Crippen LogP contribution in [0.1, 0.15) is 24.0 Å². The third-order valence-corrected chi connectivity index (χ3v) is 10.8. The van der Waals surface area contributed by atoms with Crippen LogP contribution >= 0.6 is 0 Å². The van der Waals surface area contributed by atoms with Crippen LogP contribution in [0.4, 0.5) is 0 Å². The fourth-order valence-electron chi connectivity index (χ4n) is 8.41. The Kier molecular flexibility index (Phi) is 5.82. The van der Waals surface area contributed by atoms with E-state index in [4.69, 9.17) is 8.83 Å². The molecule has 11 rings (SSSR count). The number of furan rings is 2. The molecule has 0 unspecified atom stereocenters. The number of hydrogen-bond acceptors (Lipinski definition) is 2. The molecule has 1 aliphatic carbocycles. The second-order valence-electron chi connectivity index (χ2n) is 13.5. The van der Waals surface area contributed by atoms with Crippen molar-refractivity contribution in [1.82, 2.24) is 0 Å². The van der Waals surface area contributed by atoms with E-state index in [0.717, 1.165) is 56.7 Å². The van der Waals surface area contributed by atoms with Crippen molar-refractivity contribution in [1.29, 1.82) is 0 Å². The molecule has 0 aliphatic heterocycles. The van der Waals surface area contributed by atoms with Crippen molar-refractivity contribution in [3.63, 3.8) is 0 Å². The highest BCUT2D eigenvalue weighted by molar-refractivity contribution is 6.20. The first-order valence-electron chi connectivity index (χ1n) is 17.4. The molecule has 0 saturated carbocycles. The number of benzene rings is 8. The first-order valence-corrected chi connectivity index (χ1v) is 17.4. The van der Waals surface area contributed by atoms with Gasteiger partial charge in [-0.1, -0.05) is 121 Å². The van der Waals surface area contributed by atoms with Crippen LogP contribution in [-0.2, 0) is 0 Å². The Labute approximate surface area is 288 Å². The van der Waals surface area contributed by atoms with Gasteiger partial charge in [0.15, 0.2) is 0 Å². The molecule has 10 aromatic rings. The maximum absolute atomic E-state index is 6.48. The van der Waals surface area contributed by atoms with Gasteiger partial charge in [-0.2, -0.15) is 0 Å². The summed E-state index contributed by atoms with van der Waals surface area (Å²) in [7, 11) is 0. The zero-order valence-corrected chi connectivity index (χ0v) is 27.2. The highest BCUT2D eigenvalue weighted by Crippen LogP contribution is 2.45. The molecule has 0 saturated heterocycles. The first kappa shape index (κ1) is 27.6. The molecule has 50 heavy (non-hydrogen) atoms. The van der Waals surface area contributed by atoms with E-state index >= 15 is 0 Å². The molecule has 2 heteroatoms. The first-order chi connectivity index (χ1) is 24.8. The van der Waals surface area contributed by atoms with E-state index in [0.29, 0.717) is 0 Å². The monoisotopic (exact) mass is 638 g/mol. The van der Waals surface area contributed by atoms with E-state index in [9.17, 15) is 0 Å². The van der Waals surface area contributed by atoms with E-state index in [1.165, 1.54) is 65.7 Å². The molecule has 8 aromatic carbocycles. The van der Waals surface area contributed by atoms with Gasteiger partial charge in [-0.15, -0.1) is 0 Å². The van der Waals surface area contributed by atoms with Crippen LogP contribution in [0.15, 0.2) is 167 Å². The topological polar surface area (TPSA) is 26.3 Å². The lowest BCUT2D eigenvalue weighted by atomic mass is 9.82. The fraction of sp³-hybridized carbons (Fsp3) is 0.0417. The molecule has 2 nitrogen and oxygen atoms in total. The normalized spacial score (nSPS) is 13.7. The quantitative estimate of drug-likeness (QED) is 0.180. The Morgan fingerprint density at radius 2 is 0.840 bits per heavy atom. The predicted molar refractivity (Wildman–Crippen MR) is 211 cm³/mol. The molecule has 0 amide bonds. The minimum absolute atomic E-state index is 0.891.